The second kappa shape index (κ2) is 18.8. The summed E-state index contributed by atoms with van der Waals surface area (Å²) >= 11 is 2.98. The van der Waals surface area contributed by atoms with Crippen LogP contribution in [0.3, 0.4) is 0 Å². The van der Waals surface area contributed by atoms with Crippen LogP contribution in [-0.2, 0) is 43.5 Å². The Hall–Kier alpha value is -4.87. The number of amides is 3. The maximum atomic E-state index is 14.1. The van der Waals surface area contributed by atoms with Crippen LogP contribution < -0.4 is 16.0 Å². The zero-order valence-electron chi connectivity index (χ0n) is 31.1. The predicted octanol–water partition coefficient (Wildman–Crippen LogP) is 3.79. The van der Waals surface area contributed by atoms with Crippen molar-refractivity contribution in [3.63, 3.8) is 0 Å². The molecule has 2 heterocycles. The van der Waals surface area contributed by atoms with Gasteiger partial charge in [-0.1, -0.05) is 86.6 Å². The van der Waals surface area contributed by atoms with Crippen LogP contribution in [0.15, 0.2) is 96.0 Å². The van der Waals surface area contributed by atoms with Crippen LogP contribution in [-0.4, -0.2) is 86.6 Å². The Morgan fingerprint density at radius 2 is 1.29 bits per heavy atom. The fourth-order valence-electron chi connectivity index (χ4n) is 6.52. The van der Waals surface area contributed by atoms with Crippen molar-refractivity contribution in [2.75, 3.05) is 7.05 Å². The lowest BCUT2D eigenvalue weighted by atomic mass is 9.98. The third kappa shape index (κ3) is 9.73. The predicted molar refractivity (Wildman–Crippen MR) is 212 cm³/mol. The lowest BCUT2D eigenvalue weighted by Crippen LogP contribution is -2.59. The van der Waals surface area contributed by atoms with E-state index in [1.54, 1.807) is 62.6 Å². The molecule has 0 spiro atoms. The van der Waals surface area contributed by atoms with Gasteiger partial charge in [0.1, 0.15) is 28.3 Å². The summed E-state index contributed by atoms with van der Waals surface area (Å²) in [7, 11) is 1.44. The molecule has 5 aromatic rings. The van der Waals surface area contributed by atoms with Crippen LogP contribution >= 0.6 is 22.7 Å². The lowest BCUT2D eigenvalue weighted by molar-refractivity contribution is -0.171. The summed E-state index contributed by atoms with van der Waals surface area (Å²) in [5.41, 5.74) is 4.67. The number of hydrogen-bond donors (Lipinski definition) is 6. The van der Waals surface area contributed by atoms with Crippen molar-refractivity contribution in [2.24, 2.45) is 5.92 Å². The number of carbonyl (C=O) groups is 3. The smallest absolute Gasteiger partial charge is 0.252 e. The molecule has 13 nitrogen and oxygen atoms in total. The molecule has 2 aromatic heterocycles. The van der Waals surface area contributed by atoms with E-state index < -0.39 is 60.3 Å². The number of ether oxygens (including phenoxy) is 2. The molecule has 15 heteroatoms. The van der Waals surface area contributed by atoms with Crippen molar-refractivity contribution in [1.82, 2.24) is 25.9 Å². The molecule has 0 aliphatic heterocycles. The number of thiazole rings is 2. The molecule has 0 saturated heterocycles. The number of likely N-dealkylation sites (N-methyl/N-ethyl adjacent to an activating group) is 1. The first kappa shape index (κ1) is 40.8. The third-order valence-electron chi connectivity index (χ3n) is 9.61. The van der Waals surface area contributed by atoms with Gasteiger partial charge in [-0.2, -0.15) is 0 Å². The number of nitrogens with zero attached hydrogens (tertiary/aromatic N) is 2. The highest BCUT2D eigenvalue weighted by Gasteiger charge is 2.43. The molecule has 6 rings (SSSR count). The van der Waals surface area contributed by atoms with Crippen LogP contribution in [0.5, 0.6) is 0 Å². The molecule has 0 bridgehead atoms. The van der Waals surface area contributed by atoms with Gasteiger partial charge >= 0.3 is 0 Å². The topological polar surface area (TPSA) is 192 Å². The monoisotopic (exact) mass is 799 g/mol. The molecular weight excluding hydrogens is 755 g/mol. The molecule has 0 saturated carbocycles. The number of benzene rings is 3. The highest BCUT2D eigenvalue weighted by Crippen LogP contribution is 2.32. The van der Waals surface area contributed by atoms with Crippen molar-refractivity contribution in [3.05, 3.63) is 118 Å². The van der Waals surface area contributed by atoms with E-state index in [9.17, 15) is 29.7 Å². The summed E-state index contributed by atoms with van der Waals surface area (Å²) in [5, 5.41) is 48.0. The molecule has 56 heavy (non-hydrogen) atoms. The Morgan fingerprint density at radius 1 is 0.768 bits per heavy atom. The molecule has 0 fully saturated rings. The minimum absolute atomic E-state index is 0.154. The zero-order valence-corrected chi connectivity index (χ0v) is 32.7. The molecule has 0 unspecified atom stereocenters. The first-order valence-corrected chi connectivity index (χ1v) is 19.9. The van der Waals surface area contributed by atoms with Gasteiger partial charge < -0.3 is 40.7 Å². The number of aliphatic hydroxyl groups excluding tert-OH is 3. The first-order valence-electron chi connectivity index (χ1n) is 18.2. The first-order chi connectivity index (χ1) is 27.0. The van der Waals surface area contributed by atoms with Gasteiger partial charge in [0.15, 0.2) is 12.2 Å². The number of fused-ring (bicyclic) bond motifs is 1. The Kier molecular flexibility index (Phi) is 13.7. The number of hydrogen-bond acceptors (Lipinski definition) is 12. The average molecular weight is 800 g/mol. The van der Waals surface area contributed by atoms with Gasteiger partial charge in [0.05, 0.1) is 25.4 Å². The van der Waals surface area contributed by atoms with E-state index in [0.717, 1.165) is 32.3 Å². The van der Waals surface area contributed by atoms with Crippen LogP contribution in [0.4, 0.5) is 0 Å². The van der Waals surface area contributed by atoms with E-state index >= 15 is 0 Å². The van der Waals surface area contributed by atoms with Gasteiger partial charge in [-0.25, -0.2) is 9.97 Å². The van der Waals surface area contributed by atoms with E-state index in [4.69, 9.17) is 9.47 Å². The molecular formula is C41H45N5O8S2. The zero-order chi connectivity index (χ0) is 39.8. The number of rotatable bonds is 17. The second-order valence-electron chi connectivity index (χ2n) is 13.8. The van der Waals surface area contributed by atoms with E-state index in [-0.39, 0.29) is 19.1 Å². The molecule has 1 aliphatic rings. The standard InChI is InChI=1S/C41H45N5O8S2/c1-23(2)31(37(50)42-3)45-38(51)35(53-21-24-8-12-26(13-9-24)40-43-16-18-55-40)33(48)34(49)36(39(52)46-32-29-7-5-4-6-28(29)20-30(32)47)54-22-25-10-14-27(15-11-25)41-44-17-19-56-41/h4-19,23,30-36,47-49H,20-22H2,1-3H3,(H,42,50)(H,45,51)(H,46,52)/t30-,31+,32+,33-,34-,35-,36-/m1/s1. The van der Waals surface area contributed by atoms with Crippen LogP contribution in [0.25, 0.3) is 21.1 Å². The van der Waals surface area contributed by atoms with Gasteiger partial charge in [0.25, 0.3) is 11.8 Å². The SMILES string of the molecule is CNC(=O)[C@@H](NC(=O)[C@H](OCc1ccc(-c2nccs2)cc1)[C@H](O)[C@@H](O)[C@@H](OCc1ccc(-c2nccs2)cc1)C(=O)N[C@H]1c2ccccc2C[C@H]1O)C(C)C. The third-order valence-corrected chi connectivity index (χ3v) is 11.3. The average Bonchev–Trinajstić information content (AvgIpc) is 4.00. The summed E-state index contributed by atoms with van der Waals surface area (Å²) in [6.07, 6.45) is -4.74. The minimum atomic E-state index is -2.02. The summed E-state index contributed by atoms with van der Waals surface area (Å²) in [4.78, 5) is 49.4. The Labute approximate surface area is 332 Å². The maximum Gasteiger partial charge on any atom is 0.252 e. The summed E-state index contributed by atoms with van der Waals surface area (Å²) in [6.45, 7) is 3.18. The molecule has 7 atom stereocenters. The van der Waals surface area contributed by atoms with E-state index in [2.05, 4.69) is 25.9 Å². The second-order valence-corrected chi connectivity index (χ2v) is 15.6. The van der Waals surface area contributed by atoms with E-state index in [1.165, 1.54) is 29.7 Å². The van der Waals surface area contributed by atoms with Crippen molar-refractivity contribution >= 4 is 40.4 Å². The van der Waals surface area contributed by atoms with Gasteiger partial charge in [-0.05, 0) is 28.2 Å². The summed E-state index contributed by atoms with van der Waals surface area (Å²) in [5.74, 6) is -2.50. The molecule has 3 amide bonds. The van der Waals surface area contributed by atoms with Crippen molar-refractivity contribution in [3.8, 4) is 21.1 Å². The van der Waals surface area contributed by atoms with E-state index in [0.29, 0.717) is 17.5 Å². The molecule has 0 radical (unpaired) electrons. The highest BCUT2D eigenvalue weighted by atomic mass is 32.1. The van der Waals surface area contributed by atoms with Crippen molar-refractivity contribution < 1.29 is 39.2 Å². The maximum absolute atomic E-state index is 14.1. The lowest BCUT2D eigenvalue weighted by Gasteiger charge is -2.32. The van der Waals surface area contributed by atoms with Gasteiger partial charge in [0.2, 0.25) is 5.91 Å². The number of aromatic nitrogens is 2. The van der Waals surface area contributed by atoms with Crippen LogP contribution in [0.2, 0.25) is 0 Å². The Bertz CT molecular complexity index is 2040. The summed E-state index contributed by atoms with van der Waals surface area (Å²) < 4.78 is 12.1. The number of aliphatic hydroxyl groups is 3. The van der Waals surface area contributed by atoms with Crippen LogP contribution in [0, 0.1) is 5.92 Å². The summed E-state index contributed by atoms with van der Waals surface area (Å²) in [6, 6.07) is 20.1. The van der Waals surface area contributed by atoms with Crippen molar-refractivity contribution in [2.45, 2.75) is 76.1 Å². The number of nitrogens with one attached hydrogen (secondary N) is 3. The van der Waals surface area contributed by atoms with Crippen molar-refractivity contribution in [1.29, 1.82) is 0 Å². The largest absolute Gasteiger partial charge is 0.390 e. The van der Waals surface area contributed by atoms with E-state index in [1.807, 2.05) is 47.2 Å². The quantitative estimate of drug-likeness (QED) is 0.0807. The molecule has 294 valence electrons. The fraction of sp³-hybridized carbons (Fsp3) is 0.341. The van der Waals surface area contributed by atoms with Crippen LogP contribution in [0.1, 0.15) is 42.1 Å². The molecule has 3 aromatic carbocycles. The normalized spacial score (nSPS) is 17.7. The van der Waals surface area contributed by atoms with Gasteiger partial charge in [-0.3, -0.25) is 14.4 Å². The highest BCUT2D eigenvalue weighted by molar-refractivity contribution is 7.13. The Morgan fingerprint density at radius 3 is 1.77 bits per heavy atom. The Balaban J connectivity index is 1.26. The van der Waals surface area contributed by atoms with Gasteiger partial charge in [-0.15, -0.1) is 22.7 Å². The molecule has 1 aliphatic carbocycles. The minimum Gasteiger partial charge on any atom is -0.390 e. The van der Waals surface area contributed by atoms with Gasteiger partial charge in [0, 0.05) is 47.7 Å². The molecule has 6 N–H and O–H groups in total. The number of carbonyl (C=O) groups excluding carboxylic acids is 3. The fourth-order valence-corrected chi connectivity index (χ4v) is 7.81.